The summed E-state index contributed by atoms with van der Waals surface area (Å²) in [5, 5.41) is 2.82. The Balaban J connectivity index is 2.64. The monoisotopic (exact) mass is 314 g/mol. The highest BCUT2D eigenvalue weighted by atomic mass is 79.9. The summed E-state index contributed by atoms with van der Waals surface area (Å²) < 4.78 is 6.33. The minimum Gasteiger partial charge on any atom is -0.478 e. The molecule has 0 spiro atoms. The zero-order chi connectivity index (χ0) is 13.7. The second kappa shape index (κ2) is 6.64. The number of para-hydroxylation sites is 1. The molecule has 0 aromatic heterocycles. The Morgan fingerprint density at radius 3 is 2.67 bits per heavy atom. The van der Waals surface area contributed by atoms with E-state index in [9.17, 15) is 4.79 Å². The molecule has 1 aromatic carbocycles. The van der Waals surface area contributed by atoms with Gasteiger partial charge in [0.25, 0.3) is 5.91 Å². The van der Waals surface area contributed by atoms with Gasteiger partial charge in [0, 0.05) is 6.54 Å². The molecule has 0 aliphatic carbocycles. The second-order valence-electron chi connectivity index (χ2n) is 4.56. The number of anilines is 1. The van der Waals surface area contributed by atoms with Gasteiger partial charge in [-0.25, -0.2) is 0 Å². The van der Waals surface area contributed by atoms with E-state index in [-0.39, 0.29) is 5.91 Å². The lowest BCUT2D eigenvalue weighted by molar-refractivity contribution is -0.127. The maximum atomic E-state index is 11.8. The lowest BCUT2D eigenvalue weighted by Gasteiger charge is -2.17. The topological polar surface area (TPSA) is 64.3 Å². The number of nitrogens with one attached hydrogen (secondary N) is 1. The highest BCUT2D eigenvalue weighted by Gasteiger charge is 2.17. The van der Waals surface area contributed by atoms with Crippen LogP contribution in [0.4, 0.5) is 5.69 Å². The molecule has 0 fully saturated rings. The number of carbonyl (C=O) groups excluding carboxylic acids is 1. The average molecular weight is 315 g/mol. The molecule has 0 bridgehead atoms. The Morgan fingerprint density at radius 1 is 1.44 bits per heavy atom. The number of rotatable bonds is 5. The van der Waals surface area contributed by atoms with E-state index >= 15 is 0 Å². The van der Waals surface area contributed by atoms with Crippen molar-refractivity contribution in [1.29, 1.82) is 0 Å². The van der Waals surface area contributed by atoms with E-state index in [2.05, 4.69) is 21.2 Å². The molecular weight excluding hydrogens is 296 g/mol. The molecule has 5 heteroatoms. The van der Waals surface area contributed by atoms with Gasteiger partial charge in [-0.3, -0.25) is 4.79 Å². The lowest BCUT2D eigenvalue weighted by atomic mass is 10.2. The highest BCUT2D eigenvalue weighted by molar-refractivity contribution is 9.10. The second-order valence-corrected chi connectivity index (χ2v) is 5.41. The normalized spacial score (nSPS) is 12.3. The Bertz CT molecular complexity index is 401. The molecule has 18 heavy (non-hydrogen) atoms. The van der Waals surface area contributed by atoms with Crippen molar-refractivity contribution in [1.82, 2.24) is 5.32 Å². The Hall–Kier alpha value is -1.23. The van der Waals surface area contributed by atoms with Crippen molar-refractivity contribution >= 4 is 27.5 Å². The van der Waals surface area contributed by atoms with Gasteiger partial charge in [-0.1, -0.05) is 19.9 Å². The number of hydrogen-bond acceptors (Lipinski definition) is 3. The van der Waals surface area contributed by atoms with Crippen LogP contribution in [-0.2, 0) is 4.79 Å². The summed E-state index contributed by atoms with van der Waals surface area (Å²) in [6.45, 7) is 6.42. The summed E-state index contributed by atoms with van der Waals surface area (Å²) in [6.07, 6.45) is -0.579. The van der Waals surface area contributed by atoms with Crippen molar-refractivity contribution in [3.05, 3.63) is 22.7 Å². The zero-order valence-corrected chi connectivity index (χ0v) is 12.5. The number of amides is 1. The number of nitrogens with two attached hydrogens (primary N) is 1. The van der Waals surface area contributed by atoms with Crippen molar-refractivity contribution in [2.75, 3.05) is 12.3 Å². The molecule has 1 rings (SSSR count). The van der Waals surface area contributed by atoms with Crippen LogP contribution >= 0.6 is 15.9 Å². The van der Waals surface area contributed by atoms with Crippen LogP contribution in [0, 0.1) is 5.92 Å². The Morgan fingerprint density at radius 2 is 2.11 bits per heavy atom. The maximum absolute atomic E-state index is 11.8. The third-order valence-electron chi connectivity index (χ3n) is 2.35. The van der Waals surface area contributed by atoms with Gasteiger partial charge < -0.3 is 15.8 Å². The Kier molecular flexibility index (Phi) is 5.47. The molecule has 0 aliphatic heterocycles. The molecule has 100 valence electrons. The molecule has 4 nitrogen and oxygen atoms in total. The van der Waals surface area contributed by atoms with E-state index in [4.69, 9.17) is 10.5 Å². The number of benzene rings is 1. The summed E-state index contributed by atoms with van der Waals surface area (Å²) in [5.41, 5.74) is 6.31. The molecule has 0 heterocycles. The lowest BCUT2D eigenvalue weighted by Crippen LogP contribution is -2.38. The van der Waals surface area contributed by atoms with Gasteiger partial charge in [0.2, 0.25) is 0 Å². The first-order chi connectivity index (χ1) is 8.41. The standard InChI is InChI=1S/C13H19BrN2O2/c1-8(2)7-16-13(17)9(3)18-12-10(14)5-4-6-11(12)15/h4-6,8-9H,7,15H2,1-3H3,(H,16,17). The largest absolute Gasteiger partial charge is 0.478 e. The quantitative estimate of drug-likeness (QED) is 0.821. The van der Waals surface area contributed by atoms with E-state index in [0.29, 0.717) is 23.9 Å². The Labute approximate surface area is 116 Å². The van der Waals surface area contributed by atoms with Crippen molar-refractivity contribution in [2.24, 2.45) is 5.92 Å². The number of halogens is 1. The van der Waals surface area contributed by atoms with Gasteiger partial charge in [-0.2, -0.15) is 0 Å². The van der Waals surface area contributed by atoms with Crippen LogP contribution in [0.2, 0.25) is 0 Å². The van der Waals surface area contributed by atoms with Crippen molar-refractivity contribution < 1.29 is 9.53 Å². The third kappa shape index (κ3) is 4.22. The minimum atomic E-state index is -0.579. The average Bonchev–Trinajstić information content (AvgIpc) is 2.30. The summed E-state index contributed by atoms with van der Waals surface area (Å²) in [5.74, 6) is 0.776. The van der Waals surface area contributed by atoms with Crippen LogP contribution in [0.15, 0.2) is 22.7 Å². The first-order valence-corrected chi connectivity index (χ1v) is 6.69. The van der Waals surface area contributed by atoms with Crippen LogP contribution in [-0.4, -0.2) is 18.6 Å². The van der Waals surface area contributed by atoms with Crippen LogP contribution < -0.4 is 15.8 Å². The van der Waals surface area contributed by atoms with Gasteiger partial charge in [0.15, 0.2) is 11.9 Å². The van der Waals surface area contributed by atoms with Gasteiger partial charge in [-0.15, -0.1) is 0 Å². The van der Waals surface area contributed by atoms with Gasteiger partial charge in [0.05, 0.1) is 10.2 Å². The molecule has 0 saturated carbocycles. The molecule has 1 unspecified atom stereocenters. The first-order valence-electron chi connectivity index (χ1n) is 5.90. The van der Waals surface area contributed by atoms with E-state index in [1.807, 2.05) is 26.0 Å². The van der Waals surface area contributed by atoms with Gasteiger partial charge >= 0.3 is 0 Å². The van der Waals surface area contributed by atoms with Crippen LogP contribution in [0.5, 0.6) is 5.75 Å². The van der Waals surface area contributed by atoms with Crippen molar-refractivity contribution in [3.8, 4) is 5.75 Å². The molecule has 0 radical (unpaired) electrons. The van der Waals surface area contributed by atoms with Crippen LogP contribution in [0.25, 0.3) is 0 Å². The smallest absolute Gasteiger partial charge is 0.260 e. The van der Waals surface area contributed by atoms with E-state index in [0.717, 1.165) is 4.47 Å². The highest BCUT2D eigenvalue weighted by Crippen LogP contribution is 2.31. The molecule has 1 atom stereocenters. The van der Waals surface area contributed by atoms with E-state index < -0.39 is 6.10 Å². The van der Waals surface area contributed by atoms with Crippen molar-refractivity contribution in [3.63, 3.8) is 0 Å². The number of carbonyl (C=O) groups is 1. The van der Waals surface area contributed by atoms with Crippen molar-refractivity contribution in [2.45, 2.75) is 26.9 Å². The predicted molar refractivity (Wildman–Crippen MR) is 76.5 cm³/mol. The number of hydrogen-bond donors (Lipinski definition) is 2. The fourth-order valence-electron chi connectivity index (χ4n) is 1.33. The van der Waals surface area contributed by atoms with Crippen LogP contribution in [0.3, 0.4) is 0 Å². The van der Waals surface area contributed by atoms with E-state index in [1.165, 1.54) is 0 Å². The summed E-state index contributed by atoms with van der Waals surface area (Å²) in [6, 6.07) is 5.37. The molecule has 3 N–H and O–H groups in total. The SMILES string of the molecule is CC(C)CNC(=O)C(C)Oc1c(N)cccc1Br. The molecule has 1 amide bonds. The van der Waals surface area contributed by atoms with Gasteiger partial charge in [0.1, 0.15) is 0 Å². The van der Waals surface area contributed by atoms with Gasteiger partial charge in [-0.05, 0) is 40.9 Å². The maximum Gasteiger partial charge on any atom is 0.260 e. The molecular formula is C13H19BrN2O2. The molecule has 0 saturated heterocycles. The summed E-state index contributed by atoms with van der Waals surface area (Å²) in [7, 11) is 0. The minimum absolute atomic E-state index is 0.140. The number of ether oxygens (including phenoxy) is 1. The first kappa shape index (κ1) is 14.8. The summed E-state index contributed by atoms with van der Waals surface area (Å²) >= 11 is 3.35. The molecule has 0 aliphatic rings. The fourth-order valence-corrected chi connectivity index (χ4v) is 1.80. The zero-order valence-electron chi connectivity index (χ0n) is 10.9. The van der Waals surface area contributed by atoms with E-state index in [1.54, 1.807) is 13.0 Å². The van der Waals surface area contributed by atoms with Crippen LogP contribution in [0.1, 0.15) is 20.8 Å². The fraction of sp³-hybridized carbons (Fsp3) is 0.462. The number of nitrogen functional groups attached to an aromatic ring is 1. The molecule has 1 aromatic rings. The predicted octanol–water partition coefficient (Wildman–Crippen LogP) is 2.57. The third-order valence-corrected chi connectivity index (χ3v) is 2.97. The summed E-state index contributed by atoms with van der Waals surface area (Å²) in [4.78, 5) is 11.8.